The predicted molar refractivity (Wildman–Crippen MR) is 73.7 cm³/mol. The average Bonchev–Trinajstić information content (AvgIpc) is 2.37. The first-order chi connectivity index (χ1) is 9.02. The molecule has 19 heavy (non-hydrogen) atoms. The highest BCUT2D eigenvalue weighted by atomic mass is 16.4. The first-order valence-corrected chi connectivity index (χ1v) is 5.75. The lowest BCUT2D eigenvalue weighted by atomic mass is 10.1. The summed E-state index contributed by atoms with van der Waals surface area (Å²) in [4.78, 5) is 18.4. The lowest BCUT2D eigenvalue weighted by molar-refractivity contribution is -0.446. The molecule has 100 valence electrons. The Balaban J connectivity index is 2.73. The van der Waals surface area contributed by atoms with E-state index in [9.17, 15) is 4.79 Å². The van der Waals surface area contributed by atoms with Crippen molar-refractivity contribution in [3.8, 4) is 0 Å². The maximum absolute atomic E-state index is 10.4. The fourth-order valence-corrected chi connectivity index (χ4v) is 1.36. The zero-order valence-electron chi connectivity index (χ0n) is 10.8. The summed E-state index contributed by atoms with van der Waals surface area (Å²) in [7, 11) is 0. The van der Waals surface area contributed by atoms with Crippen molar-refractivity contribution in [2.45, 2.75) is 13.3 Å². The number of carboxylic acid groups (broad SMARTS) is 1. The van der Waals surface area contributed by atoms with Crippen LogP contribution >= 0.6 is 0 Å². The predicted octanol–water partition coefficient (Wildman–Crippen LogP) is 1.16. The van der Waals surface area contributed by atoms with Crippen molar-refractivity contribution in [3.05, 3.63) is 36.3 Å². The van der Waals surface area contributed by atoms with Gasteiger partial charge in [0.15, 0.2) is 12.7 Å². The quantitative estimate of drug-likeness (QED) is 0.455. The van der Waals surface area contributed by atoms with Gasteiger partial charge < -0.3 is 10.8 Å². The maximum Gasteiger partial charge on any atom is 0.309 e. The third kappa shape index (κ3) is 5.12. The topological polar surface area (TPSA) is 92.1 Å². The van der Waals surface area contributed by atoms with Crippen LogP contribution in [-0.4, -0.2) is 38.9 Å². The minimum atomic E-state index is -0.850. The Kier molecular flexibility index (Phi) is 5.40. The van der Waals surface area contributed by atoms with Crippen molar-refractivity contribution in [1.82, 2.24) is 9.97 Å². The molecule has 0 spiro atoms. The Morgan fingerprint density at radius 3 is 2.95 bits per heavy atom. The van der Waals surface area contributed by atoms with E-state index in [-0.39, 0.29) is 12.4 Å². The second-order valence-electron chi connectivity index (χ2n) is 3.82. The van der Waals surface area contributed by atoms with Gasteiger partial charge in [-0.1, -0.05) is 6.08 Å². The summed E-state index contributed by atoms with van der Waals surface area (Å²) in [6, 6.07) is 1.75. The van der Waals surface area contributed by atoms with E-state index in [1.165, 1.54) is 0 Å². The standard InChI is InChI=1S/C13H16N4O2/c1-3-10(11-4-7-15-13(14)16-11)5-8-17(2)9-6-12(18)19/h3-5,7-8H,2,6,9H2,1H3,(H2-,14,15,16,18,19)/p+1/b8-5-,10-3+. The second-order valence-corrected chi connectivity index (χ2v) is 3.82. The Bertz CT molecular complexity index is 535. The molecule has 0 aromatic carbocycles. The second kappa shape index (κ2) is 7.05. The molecule has 1 rings (SSSR count). The maximum atomic E-state index is 10.4. The van der Waals surface area contributed by atoms with Crippen LogP contribution in [0, 0.1) is 0 Å². The molecular weight excluding hydrogens is 244 g/mol. The highest BCUT2D eigenvalue weighted by Gasteiger charge is 2.04. The SMILES string of the molecule is C=[N+](/C=C\C(=C/C)c1ccnc(N)n1)CCC(=O)O. The van der Waals surface area contributed by atoms with Crippen LogP contribution in [0.15, 0.2) is 30.6 Å². The van der Waals surface area contributed by atoms with Crippen LogP contribution in [-0.2, 0) is 4.79 Å². The van der Waals surface area contributed by atoms with Crippen molar-refractivity contribution >= 4 is 24.2 Å². The lowest BCUT2D eigenvalue weighted by Crippen LogP contribution is -2.08. The molecule has 0 bridgehead atoms. The van der Waals surface area contributed by atoms with E-state index >= 15 is 0 Å². The van der Waals surface area contributed by atoms with E-state index in [0.717, 1.165) is 5.57 Å². The van der Waals surface area contributed by atoms with Crippen molar-refractivity contribution in [3.63, 3.8) is 0 Å². The number of aliphatic carboxylic acids is 1. The van der Waals surface area contributed by atoms with Crippen LogP contribution in [0.5, 0.6) is 0 Å². The van der Waals surface area contributed by atoms with Gasteiger partial charge in [-0.05, 0) is 13.0 Å². The van der Waals surface area contributed by atoms with Gasteiger partial charge in [-0.2, -0.15) is 0 Å². The highest BCUT2D eigenvalue weighted by Crippen LogP contribution is 2.13. The van der Waals surface area contributed by atoms with E-state index in [4.69, 9.17) is 10.8 Å². The van der Waals surface area contributed by atoms with Crippen LogP contribution in [0.25, 0.3) is 5.57 Å². The number of nitrogen functional groups attached to an aromatic ring is 1. The fraction of sp³-hybridized carbons (Fsp3) is 0.231. The Morgan fingerprint density at radius 2 is 2.37 bits per heavy atom. The number of carbonyl (C=O) groups is 1. The molecule has 0 unspecified atom stereocenters. The third-order valence-electron chi connectivity index (χ3n) is 2.36. The third-order valence-corrected chi connectivity index (χ3v) is 2.36. The molecule has 0 radical (unpaired) electrons. The number of allylic oxidation sites excluding steroid dienone is 3. The number of rotatable bonds is 6. The molecule has 1 heterocycles. The fourth-order valence-electron chi connectivity index (χ4n) is 1.36. The number of nitrogens with zero attached hydrogens (tertiary/aromatic N) is 3. The Labute approximate surface area is 111 Å². The van der Waals surface area contributed by atoms with Gasteiger partial charge in [0.25, 0.3) is 0 Å². The molecule has 1 aromatic rings. The molecule has 3 N–H and O–H groups in total. The normalized spacial score (nSPS) is 11.7. The van der Waals surface area contributed by atoms with Gasteiger partial charge in [0.05, 0.1) is 5.69 Å². The molecule has 0 saturated heterocycles. The lowest BCUT2D eigenvalue weighted by Gasteiger charge is -2.00. The minimum absolute atomic E-state index is 0.0411. The van der Waals surface area contributed by atoms with Gasteiger partial charge in [-0.15, -0.1) is 0 Å². The molecular formula is C13H17N4O2+. The Morgan fingerprint density at radius 1 is 1.63 bits per heavy atom. The molecule has 0 aliphatic heterocycles. The summed E-state index contributed by atoms with van der Waals surface area (Å²) in [5, 5.41) is 8.57. The van der Waals surface area contributed by atoms with E-state index in [1.54, 1.807) is 29.1 Å². The molecule has 6 nitrogen and oxygen atoms in total. The van der Waals surface area contributed by atoms with Gasteiger partial charge in [-0.25, -0.2) is 14.5 Å². The zero-order chi connectivity index (χ0) is 14.3. The first-order valence-electron chi connectivity index (χ1n) is 5.75. The van der Waals surface area contributed by atoms with Gasteiger partial charge in [0, 0.05) is 17.8 Å². The Hall–Kier alpha value is -2.50. The zero-order valence-corrected chi connectivity index (χ0v) is 10.8. The summed E-state index contributed by atoms with van der Waals surface area (Å²) < 4.78 is 1.56. The van der Waals surface area contributed by atoms with E-state index in [1.807, 2.05) is 13.0 Å². The van der Waals surface area contributed by atoms with Crippen LogP contribution in [0.3, 0.4) is 0 Å². The van der Waals surface area contributed by atoms with Crippen LogP contribution < -0.4 is 5.73 Å². The summed E-state index contributed by atoms with van der Waals surface area (Å²) in [5.74, 6) is -0.639. The summed E-state index contributed by atoms with van der Waals surface area (Å²) in [5.41, 5.74) is 7.09. The molecule has 6 heteroatoms. The summed E-state index contributed by atoms with van der Waals surface area (Å²) in [6.45, 7) is 5.95. The van der Waals surface area contributed by atoms with Crippen molar-refractivity contribution in [2.75, 3.05) is 12.3 Å². The average molecular weight is 261 g/mol. The van der Waals surface area contributed by atoms with E-state index in [2.05, 4.69) is 16.7 Å². The van der Waals surface area contributed by atoms with Crippen LogP contribution in [0.1, 0.15) is 19.0 Å². The van der Waals surface area contributed by atoms with Gasteiger partial charge >= 0.3 is 5.97 Å². The van der Waals surface area contributed by atoms with Gasteiger partial charge in [0.1, 0.15) is 13.1 Å². The first kappa shape index (κ1) is 14.6. The molecule has 0 atom stereocenters. The largest absolute Gasteiger partial charge is 0.481 e. The van der Waals surface area contributed by atoms with Gasteiger partial charge in [0.2, 0.25) is 5.95 Å². The highest BCUT2D eigenvalue weighted by molar-refractivity contribution is 5.71. The molecule has 1 aromatic heterocycles. The molecule has 0 aliphatic carbocycles. The number of hydrogen-bond acceptors (Lipinski definition) is 4. The van der Waals surface area contributed by atoms with Crippen molar-refractivity contribution < 1.29 is 14.5 Å². The van der Waals surface area contributed by atoms with Crippen molar-refractivity contribution in [2.24, 2.45) is 0 Å². The summed E-state index contributed by atoms with van der Waals surface area (Å²) in [6.07, 6.45) is 7.01. The summed E-state index contributed by atoms with van der Waals surface area (Å²) >= 11 is 0. The van der Waals surface area contributed by atoms with Crippen LogP contribution in [0.4, 0.5) is 5.95 Å². The molecule has 0 fully saturated rings. The van der Waals surface area contributed by atoms with Crippen LogP contribution in [0.2, 0.25) is 0 Å². The number of anilines is 1. The number of hydrogen-bond donors (Lipinski definition) is 2. The number of nitrogens with two attached hydrogens (primary N) is 1. The monoisotopic (exact) mass is 261 g/mol. The molecule has 0 aliphatic rings. The minimum Gasteiger partial charge on any atom is -0.481 e. The smallest absolute Gasteiger partial charge is 0.309 e. The molecule has 0 amide bonds. The van der Waals surface area contributed by atoms with E-state index < -0.39 is 5.97 Å². The number of aromatic nitrogens is 2. The molecule has 0 saturated carbocycles. The van der Waals surface area contributed by atoms with E-state index in [0.29, 0.717) is 12.2 Å². The van der Waals surface area contributed by atoms with Crippen molar-refractivity contribution in [1.29, 1.82) is 0 Å². The van der Waals surface area contributed by atoms with Gasteiger partial charge in [-0.3, -0.25) is 4.79 Å². The number of carboxylic acids is 1.